The zero-order valence-electron chi connectivity index (χ0n) is 13.5. The van der Waals surface area contributed by atoms with Crippen molar-refractivity contribution >= 4 is 15.9 Å². The normalized spacial score (nSPS) is 11.5. The first-order valence-corrected chi connectivity index (χ1v) is 8.97. The molecule has 0 bridgehead atoms. The standard InChI is InChI=1S/C18H21NO3S/c1-13(2)16-8-6-15(7-9-16)12-18(20)19-23(21,22)17-10-4-14(3)5-11-17/h4-11,13H,12H2,1-3H3,(H,19,20). The molecule has 23 heavy (non-hydrogen) atoms. The van der Waals surface area contributed by atoms with Crippen LogP contribution in [0.25, 0.3) is 0 Å². The Morgan fingerprint density at radius 2 is 1.57 bits per heavy atom. The number of carbonyl (C=O) groups is 1. The van der Waals surface area contributed by atoms with Gasteiger partial charge in [-0.1, -0.05) is 55.8 Å². The lowest BCUT2D eigenvalue weighted by molar-refractivity contribution is -0.118. The van der Waals surface area contributed by atoms with Crippen molar-refractivity contribution < 1.29 is 13.2 Å². The highest BCUT2D eigenvalue weighted by Crippen LogP contribution is 2.15. The first-order chi connectivity index (χ1) is 10.8. The third-order valence-corrected chi connectivity index (χ3v) is 4.98. The molecule has 0 unspecified atom stereocenters. The molecule has 0 aliphatic heterocycles. The van der Waals surface area contributed by atoms with Crippen molar-refractivity contribution in [1.82, 2.24) is 4.72 Å². The molecule has 2 aromatic carbocycles. The van der Waals surface area contributed by atoms with Gasteiger partial charge in [0.15, 0.2) is 0 Å². The van der Waals surface area contributed by atoms with E-state index in [9.17, 15) is 13.2 Å². The predicted molar refractivity (Wildman–Crippen MR) is 90.7 cm³/mol. The summed E-state index contributed by atoms with van der Waals surface area (Å²) in [5.41, 5.74) is 2.92. The van der Waals surface area contributed by atoms with Gasteiger partial charge in [-0.25, -0.2) is 13.1 Å². The highest BCUT2D eigenvalue weighted by Gasteiger charge is 2.17. The Bertz CT molecular complexity index is 776. The van der Waals surface area contributed by atoms with Gasteiger partial charge in [0.2, 0.25) is 5.91 Å². The topological polar surface area (TPSA) is 63.2 Å². The van der Waals surface area contributed by atoms with E-state index in [0.717, 1.165) is 11.1 Å². The molecule has 0 aliphatic rings. The average Bonchev–Trinajstić information content (AvgIpc) is 2.47. The molecule has 0 saturated heterocycles. The molecule has 0 heterocycles. The Labute approximate surface area is 137 Å². The van der Waals surface area contributed by atoms with Crippen molar-refractivity contribution in [2.45, 2.75) is 38.0 Å². The molecule has 0 aromatic heterocycles. The first kappa shape index (κ1) is 17.2. The van der Waals surface area contributed by atoms with Crippen LogP contribution in [0.3, 0.4) is 0 Å². The van der Waals surface area contributed by atoms with Gasteiger partial charge in [-0.05, 0) is 36.1 Å². The van der Waals surface area contributed by atoms with Gasteiger partial charge in [0.25, 0.3) is 10.0 Å². The summed E-state index contributed by atoms with van der Waals surface area (Å²) in [7, 11) is -3.82. The van der Waals surface area contributed by atoms with Gasteiger partial charge in [0.05, 0.1) is 11.3 Å². The van der Waals surface area contributed by atoms with Gasteiger partial charge in [0.1, 0.15) is 0 Å². The molecule has 0 saturated carbocycles. The molecular formula is C18H21NO3S. The van der Waals surface area contributed by atoms with Gasteiger partial charge in [-0.2, -0.15) is 0 Å². The minimum Gasteiger partial charge on any atom is -0.274 e. The van der Waals surface area contributed by atoms with Crippen molar-refractivity contribution in [2.24, 2.45) is 0 Å². The van der Waals surface area contributed by atoms with Crippen LogP contribution >= 0.6 is 0 Å². The van der Waals surface area contributed by atoms with E-state index in [1.54, 1.807) is 12.1 Å². The molecule has 2 rings (SSSR count). The van der Waals surface area contributed by atoms with Crippen molar-refractivity contribution in [3.05, 3.63) is 65.2 Å². The van der Waals surface area contributed by atoms with E-state index in [2.05, 4.69) is 18.6 Å². The Balaban J connectivity index is 2.05. The van der Waals surface area contributed by atoms with E-state index in [4.69, 9.17) is 0 Å². The average molecular weight is 331 g/mol. The lowest BCUT2D eigenvalue weighted by Gasteiger charge is -2.09. The van der Waals surface area contributed by atoms with E-state index in [0.29, 0.717) is 5.92 Å². The third-order valence-electron chi connectivity index (χ3n) is 3.59. The first-order valence-electron chi connectivity index (χ1n) is 7.49. The number of rotatable bonds is 5. The molecule has 0 spiro atoms. The van der Waals surface area contributed by atoms with E-state index < -0.39 is 15.9 Å². The van der Waals surface area contributed by atoms with Crippen LogP contribution < -0.4 is 4.72 Å². The number of hydrogen-bond donors (Lipinski definition) is 1. The predicted octanol–water partition coefficient (Wildman–Crippen LogP) is 3.17. The molecule has 4 nitrogen and oxygen atoms in total. The second kappa shape index (κ2) is 6.96. The number of amides is 1. The third kappa shape index (κ3) is 4.66. The fourth-order valence-corrected chi connectivity index (χ4v) is 3.15. The fraction of sp³-hybridized carbons (Fsp3) is 0.278. The summed E-state index contributed by atoms with van der Waals surface area (Å²) < 4.78 is 26.4. The zero-order valence-corrected chi connectivity index (χ0v) is 14.4. The highest BCUT2D eigenvalue weighted by atomic mass is 32.2. The van der Waals surface area contributed by atoms with E-state index in [-0.39, 0.29) is 11.3 Å². The molecule has 1 N–H and O–H groups in total. The second-order valence-corrected chi connectivity index (χ2v) is 7.60. The zero-order chi connectivity index (χ0) is 17.0. The van der Waals surface area contributed by atoms with Crippen molar-refractivity contribution in [2.75, 3.05) is 0 Å². The highest BCUT2D eigenvalue weighted by molar-refractivity contribution is 7.90. The van der Waals surface area contributed by atoms with Crippen LogP contribution in [0.4, 0.5) is 0 Å². The monoisotopic (exact) mass is 331 g/mol. The molecular weight excluding hydrogens is 310 g/mol. The van der Waals surface area contributed by atoms with Crippen molar-refractivity contribution in [3.63, 3.8) is 0 Å². The van der Waals surface area contributed by atoms with Gasteiger partial charge in [0, 0.05) is 0 Å². The van der Waals surface area contributed by atoms with Crippen molar-refractivity contribution in [1.29, 1.82) is 0 Å². The number of aryl methyl sites for hydroxylation is 1. The summed E-state index contributed by atoms with van der Waals surface area (Å²) >= 11 is 0. The molecule has 1 amide bonds. The summed E-state index contributed by atoms with van der Waals surface area (Å²) in [6, 6.07) is 14.0. The van der Waals surface area contributed by atoms with Crippen LogP contribution in [0, 0.1) is 6.92 Å². The Morgan fingerprint density at radius 1 is 1.00 bits per heavy atom. The van der Waals surface area contributed by atoms with Crippen LogP contribution in [-0.2, 0) is 21.2 Å². The lowest BCUT2D eigenvalue weighted by Crippen LogP contribution is -2.31. The van der Waals surface area contributed by atoms with Crippen LogP contribution in [0.15, 0.2) is 53.4 Å². The van der Waals surface area contributed by atoms with Gasteiger partial charge in [-0.3, -0.25) is 4.79 Å². The quantitative estimate of drug-likeness (QED) is 0.915. The number of sulfonamides is 1. The van der Waals surface area contributed by atoms with Crippen LogP contribution in [-0.4, -0.2) is 14.3 Å². The SMILES string of the molecule is Cc1ccc(S(=O)(=O)NC(=O)Cc2ccc(C(C)C)cc2)cc1. The smallest absolute Gasteiger partial charge is 0.264 e. The van der Waals surface area contributed by atoms with E-state index in [1.807, 2.05) is 31.2 Å². The Kier molecular flexibility index (Phi) is 5.21. The minimum atomic E-state index is -3.82. The molecule has 0 aliphatic carbocycles. The maximum absolute atomic E-state index is 12.2. The molecule has 0 fully saturated rings. The Hall–Kier alpha value is -2.14. The van der Waals surface area contributed by atoms with Crippen LogP contribution in [0.1, 0.15) is 36.5 Å². The summed E-state index contributed by atoms with van der Waals surface area (Å²) in [5.74, 6) is -0.123. The van der Waals surface area contributed by atoms with Gasteiger partial charge in [-0.15, -0.1) is 0 Å². The van der Waals surface area contributed by atoms with Crippen LogP contribution in [0.5, 0.6) is 0 Å². The molecule has 122 valence electrons. The minimum absolute atomic E-state index is 0.0312. The number of benzene rings is 2. The molecule has 0 radical (unpaired) electrons. The summed E-state index contributed by atoms with van der Waals surface area (Å²) in [4.78, 5) is 12.1. The largest absolute Gasteiger partial charge is 0.274 e. The van der Waals surface area contributed by atoms with E-state index >= 15 is 0 Å². The molecule has 5 heteroatoms. The lowest BCUT2D eigenvalue weighted by atomic mass is 10.0. The Morgan fingerprint density at radius 3 is 2.09 bits per heavy atom. The maximum atomic E-state index is 12.2. The molecule has 2 aromatic rings. The van der Waals surface area contributed by atoms with Gasteiger partial charge >= 0.3 is 0 Å². The molecule has 0 atom stereocenters. The summed E-state index contributed by atoms with van der Waals surface area (Å²) in [6.07, 6.45) is 0.0312. The number of carbonyl (C=O) groups excluding carboxylic acids is 1. The van der Waals surface area contributed by atoms with Crippen LogP contribution in [0.2, 0.25) is 0 Å². The van der Waals surface area contributed by atoms with E-state index in [1.165, 1.54) is 17.7 Å². The summed E-state index contributed by atoms with van der Waals surface area (Å²) in [6.45, 7) is 6.06. The number of hydrogen-bond acceptors (Lipinski definition) is 3. The second-order valence-electron chi connectivity index (χ2n) is 5.91. The fourth-order valence-electron chi connectivity index (χ4n) is 2.17. The maximum Gasteiger partial charge on any atom is 0.264 e. The number of nitrogens with one attached hydrogen (secondary N) is 1. The van der Waals surface area contributed by atoms with Gasteiger partial charge < -0.3 is 0 Å². The summed E-state index contributed by atoms with van der Waals surface area (Å²) in [5, 5.41) is 0. The van der Waals surface area contributed by atoms with Crippen molar-refractivity contribution in [3.8, 4) is 0 Å².